The van der Waals surface area contributed by atoms with Crippen molar-refractivity contribution in [3.05, 3.63) is 60.2 Å². The molecule has 1 atom stereocenters. The van der Waals surface area contributed by atoms with Crippen LogP contribution in [0.25, 0.3) is 0 Å². The summed E-state index contributed by atoms with van der Waals surface area (Å²) in [5.74, 6) is 1.38. The zero-order valence-electron chi connectivity index (χ0n) is 13.2. The Bertz CT molecular complexity index is 613. The summed E-state index contributed by atoms with van der Waals surface area (Å²) in [6.45, 7) is 1.98. The number of nitrogens with zero attached hydrogens (tertiary/aromatic N) is 1. The fourth-order valence-electron chi connectivity index (χ4n) is 2.20. The summed E-state index contributed by atoms with van der Waals surface area (Å²) in [5, 5.41) is 0. The number of carbonyl (C=O) groups excluding carboxylic acids is 1. The van der Waals surface area contributed by atoms with Crippen molar-refractivity contribution < 1.29 is 14.3 Å². The second-order valence-electron chi connectivity index (χ2n) is 5.02. The molecule has 2 rings (SSSR count). The molecule has 1 amide bonds. The molecule has 0 heterocycles. The Kier molecular flexibility index (Phi) is 5.42. The first-order chi connectivity index (χ1) is 10.6. The van der Waals surface area contributed by atoms with Crippen LogP contribution in [0.2, 0.25) is 0 Å². The molecule has 22 heavy (non-hydrogen) atoms. The van der Waals surface area contributed by atoms with E-state index in [9.17, 15) is 4.79 Å². The van der Waals surface area contributed by atoms with Crippen LogP contribution < -0.4 is 9.47 Å². The summed E-state index contributed by atoms with van der Waals surface area (Å²) in [7, 11) is 3.40. The number of ether oxygens (including phenoxy) is 2. The molecule has 2 aromatic rings. The zero-order chi connectivity index (χ0) is 15.9. The van der Waals surface area contributed by atoms with Crippen LogP contribution in [-0.2, 0) is 4.79 Å². The van der Waals surface area contributed by atoms with Crippen molar-refractivity contribution in [1.82, 2.24) is 4.90 Å². The van der Waals surface area contributed by atoms with Crippen molar-refractivity contribution in [2.75, 3.05) is 20.8 Å². The normalized spacial score (nSPS) is 11.6. The second kappa shape index (κ2) is 7.50. The molecule has 0 bridgehead atoms. The van der Waals surface area contributed by atoms with E-state index in [0.717, 1.165) is 11.3 Å². The number of rotatable bonds is 6. The van der Waals surface area contributed by atoms with Gasteiger partial charge in [0.05, 0.1) is 13.2 Å². The van der Waals surface area contributed by atoms with Crippen LogP contribution in [0.4, 0.5) is 0 Å². The quantitative estimate of drug-likeness (QED) is 0.821. The largest absolute Gasteiger partial charge is 0.496 e. The Morgan fingerprint density at radius 2 is 1.73 bits per heavy atom. The summed E-state index contributed by atoms with van der Waals surface area (Å²) < 4.78 is 10.9. The van der Waals surface area contributed by atoms with E-state index in [4.69, 9.17) is 9.47 Å². The minimum absolute atomic E-state index is 0.0139. The maximum absolute atomic E-state index is 12.3. The number of methoxy groups -OCH3 is 1. The summed E-state index contributed by atoms with van der Waals surface area (Å²) in [6, 6.07) is 16.9. The fraction of sp³-hybridized carbons (Fsp3) is 0.278. The highest BCUT2D eigenvalue weighted by molar-refractivity contribution is 5.78. The topological polar surface area (TPSA) is 38.8 Å². The smallest absolute Gasteiger partial charge is 0.260 e. The van der Waals surface area contributed by atoms with Crippen LogP contribution in [0, 0.1) is 0 Å². The molecule has 0 saturated carbocycles. The van der Waals surface area contributed by atoms with E-state index >= 15 is 0 Å². The maximum Gasteiger partial charge on any atom is 0.260 e. The molecule has 1 unspecified atom stereocenters. The standard InChI is InChI=1S/C18H21NO3/c1-14(16-11-7-8-12-17(16)21-3)19(2)18(20)13-22-15-9-5-4-6-10-15/h4-12,14H,13H2,1-3H3. The zero-order valence-corrected chi connectivity index (χ0v) is 13.2. The molecule has 0 aliphatic heterocycles. The third kappa shape index (κ3) is 3.79. The Morgan fingerprint density at radius 1 is 1.09 bits per heavy atom. The average Bonchev–Trinajstić information content (AvgIpc) is 2.59. The Labute approximate surface area is 131 Å². The highest BCUT2D eigenvalue weighted by Crippen LogP contribution is 2.28. The summed E-state index contributed by atoms with van der Waals surface area (Å²) in [6.07, 6.45) is 0. The number of para-hydroxylation sites is 2. The fourth-order valence-corrected chi connectivity index (χ4v) is 2.20. The lowest BCUT2D eigenvalue weighted by molar-refractivity contribution is -0.134. The predicted octanol–water partition coefficient (Wildman–Crippen LogP) is 3.29. The van der Waals surface area contributed by atoms with Crippen molar-refractivity contribution in [2.45, 2.75) is 13.0 Å². The molecule has 0 spiro atoms. The summed E-state index contributed by atoms with van der Waals surface area (Å²) in [5.41, 5.74) is 0.973. The van der Waals surface area contributed by atoms with Crippen LogP contribution in [0.5, 0.6) is 11.5 Å². The molecule has 0 saturated heterocycles. The Hall–Kier alpha value is -2.49. The molecular weight excluding hydrogens is 278 g/mol. The van der Waals surface area contributed by atoms with E-state index in [-0.39, 0.29) is 18.6 Å². The molecule has 0 fully saturated rings. The van der Waals surface area contributed by atoms with E-state index in [0.29, 0.717) is 5.75 Å². The number of carbonyl (C=O) groups is 1. The lowest BCUT2D eigenvalue weighted by Crippen LogP contribution is -2.33. The van der Waals surface area contributed by atoms with Gasteiger partial charge in [-0.05, 0) is 25.1 Å². The third-order valence-corrected chi connectivity index (χ3v) is 3.67. The monoisotopic (exact) mass is 299 g/mol. The van der Waals surface area contributed by atoms with Crippen LogP contribution >= 0.6 is 0 Å². The minimum atomic E-state index is -0.0944. The van der Waals surface area contributed by atoms with E-state index in [1.165, 1.54) is 0 Å². The number of hydrogen-bond donors (Lipinski definition) is 0. The van der Waals surface area contributed by atoms with Crippen molar-refractivity contribution in [3.8, 4) is 11.5 Å². The summed E-state index contributed by atoms with van der Waals surface area (Å²) >= 11 is 0. The van der Waals surface area contributed by atoms with Gasteiger partial charge in [0.25, 0.3) is 5.91 Å². The lowest BCUT2D eigenvalue weighted by atomic mass is 10.1. The van der Waals surface area contributed by atoms with Gasteiger partial charge in [-0.25, -0.2) is 0 Å². The molecule has 2 aromatic carbocycles. The van der Waals surface area contributed by atoms with E-state index in [1.54, 1.807) is 19.1 Å². The number of hydrogen-bond acceptors (Lipinski definition) is 3. The van der Waals surface area contributed by atoms with Gasteiger partial charge in [0, 0.05) is 12.6 Å². The number of benzene rings is 2. The molecule has 0 aromatic heterocycles. The van der Waals surface area contributed by atoms with Crippen LogP contribution in [0.3, 0.4) is 0 Å². The average molecular weight is 299 g/mol. The molecule has 116 valence electrons. The van der Waals surface area contributed by atoms with Gasteiger partial charge in [-0.15, -0.1) is 0 Å². The maximum atomic E-state index is 12.3. The van der Waals surface area contributed by atoms with Crippen molar-refractivity contribution in [2.24, 2.45) is 0 Å². The van der Waals surface area contributed by atoms with Crippen molar-refractivity contribution >= 4 is 5.91 Å². The summed E-state index contributed by atoms with van der Waals surface area (Å²) in [4.78, 5) is 14.0. The van der Waals surface area contributed by atoms with Gasteiger partial charge >= 0.3 is 0 Å². The van der Waals surface area contributed by atoms with Gasteiger partial charge in [-0.1, -0.05) is 36.4 Å². The third-order valence-electron chi connectivity index (χ3n) is 3.67. The highest BCUT2D eigenvalue weighted by Gasteiger charge is 2.20. The lowest BCUT2D eigenvalue weighted by Gasteiger charge is -2.26. The second-order valence-corrected chi connectivity index (χ2v) is 5.02. The van der Waals surface area contributed by atoms with Gasteiger partial charge in [0.2, 0.25) is 0 Å². The molecular formula is C18H21NO3. The van der Waals surface area contributed by atoms with Gasteiger partial charge in [0.1, 0.15) is 11.5 Å². The molecule has 0 aliphatic rings. The Balaban J connectivity index is 2.00. The van der Waals surface area contributed by atoms with Crippen molar-refractivity contribution in [3.63, 3.8) is 0 Å². The van der Waals surface area contributed by atoms with E-state index in [2.05, 4.69) is 0 Å². The SMILES string of the molecule is COc1ccccc1C(C)N(C)C(=O)COc1ccccc1. The number of amides is 1. The first-order valence-corrected chi connectivity index (χ1v) is 7.20. The van der Waals surface area contributed by atoms with Crippen molar-refractivity contribution in [1.29, 1.82) is 0 Å². The molecule has 0 radical (unpaired) electrons. The van der Waals surface area contributed by atoms with Crippen LogP contribution in [0.15, 0.2) is 54.6 Å². The number of likely N-dealkylation sites (N-methyl/N-ethyl adjacent to an activating group) is 1. The molecule has 4 heteroatoms. The highest BCUT2D eigenvalue weighted by atomic mass is 16.5. The van der Waals surface area contributed by atoms with Crippen LogP contribution in [0.1, 0.15) is 18.5 Å². The molecule has 4 nitrogen and oxygen atoms in total. The van der Waals surface area contributed by atoms with E-state index in [1.807, 2.05) is 61.5 Å². The molecule has 0 N–H and O–H groups in total. The molecule has 0 aliphatic carbocycles. The van der Waals surface area contributed by atoms with E-state index < -0.39 is 0 Å². The Morgan fingerprint density at radius 3 is 2.41 bits per heavy atom. The van der Waals surface area contributed by atoms with Gasteiger partial charge < -0.3 is 14.4 Å². The first kappa shape index (κ1) is 15.9. The minimum Gasteiger partial charge on any atom is -0.496 e. The van der Waals surface area contributed by atoms with Gasteiger partial charge in [-0.2, -0.15) is 0 Å². The van der Waals surface area contributed by atoms with Gasteiger partial charge in [0.15, 0.2) is 6.61 Å². The van der Waals surface area contributed by atoms with Crippen LogP contribution in [-0.4, -0.2) is 31.6 Å². The predicted molar refractivity (Wildman–Crippen MR) is 86.1 cm³/mol. The van der Waals surface area contributed by atoms with Gasteiger partial charge in [-0.3, -0.25) is 4.79 Å². The first-order valence-electron chi connectivity index (χ1n) is 7.20.